The lowest BCUT2D eigenvalue weighted by atomic mass is 10.2. The summed E-state index contributed by atoms with van der Waals surface area (Å²) >= 11 is 1.72. The average Bonchev–Trinajstić information content (AvgIpc) is 2.26. The first-order chi connectivity index (χ1) is 7.19. The fourth-order valence-electron chi connectivity index (χ4n) is 1.56. The molecule has 0 saturated carbocycles. The van der Waals surface area contributed by atoms with Crippen LogP contribution in [0.15, 0.2) is 0 Å². The number of thioether (sulfide) groups is 1. The van der Waals surface area contributed by atoms with E-state index in [-0.39, 0.29) is 6.61 Å². The molecule has 0 rings (SSSR count). The number of nitrogens with one attached hydrogen (secondary N) is 1. The van der Waals surface area contributed by atoms with Gasteiger partial charge in [0.05, 0.1) is 6.61 Å². The summed E-state index contributed by atoms with van der Waals surface area (Å²) < 4.78 is 0. The summed E-state index contributed by atoms with van der Waals surface area (Å²) in [5, 5.41) is 12.9. The van der Waals surface area contributed by atoms with E-state index >= 15 is 0 Å². The number of aliphatic hydroxyl groups is 1. The van der Waals surface area contributed by atoms with Crippen LogP contribution in [0.1, 0.15) is 20.8 Å². The number of aliphatic hydroxyl groups excluding tert-OH is 1. The Kier molecular flexibility index (Phi) is 9.60. The minimum atomic E-state index is 0.251. The molecule has 0 heterocycles. The quantitative estimate of drug-likeness (QED) is 0.625. The van der Waals surface area contributed by atoms with Gasteiger partial charge in [-0.2, -0.15) is 11.8 Å². The van der Waals surface area contributed by atoms with E-state index < -0.39 is 0 Å². The van der Waals surface area contributed by atoms with Crippen LogP contribution in [0.25, 0.3) is 0 Å². The molecule has 0 aromatic heterocycles. The van der Waals surface area contributed by atoms with Gasteiger partial charge in [0.1, 0.15) is 0 Å². The SMILES string of the molecule is CCN(CC)CCNC(C)C(CO)SC. The minimum absolute atomic E-state index is 0.251. The summed E-state index contributed by atoms with van der Waals surface area (Å²) in [6.45, 7) is 11.1. The van der Waals surface area contributed by atoms with Crippen molar-refractivity contribution in [3.8, 4) is 0 Å². The van der Waals surface area contributed by atoms with Gasteiger partial charge in [-0.25, -0.2) is 0 Å². The van der Waals surface area contributed by atoms with Crippen LogP contribution in [0, 0.1) is 0 Å². The second-order valence-electron chi connectivity index (χ2n) is 3.73. The second kappa shape index (κ2) is 9.46. The fraction of sp³-hybridized carbons (Fsp3) is 1.00. The molecule has 0 aliphatic carbocycles. The topological polar surface area (TPSA) is 35.5 Å². The van der Waals surface area contributed by atoms with Gasteiger partial charge in [-0.1, -0.05) is 13.8 Å². The van der Waals surface area contributed by atoms with Crippen molar-refractivity contribution in [1.29, 1.82) is 0 Å². The lowest BCUT2D eigenvalue weighted by Gasteiger charge is -2.24. The van der Waals surface area contributed by atoms with E-state index in [9.17, 15) is 0 Å². The van der Waals surface area contributed by atoms with Crippen LogP contribution in [0.5, 0.6) is 0 Å². The van der Waals surface area contributed by atoms with Crippen molar-refractivity contribution in [3.63, 3.8) is 0 Å². The first-order valence-corrected chi connectivity index (χ1v) is 7.07. The zero-order chi connectivity index (χ0) is 11.7. The van der Waals surface area contributed by atoms with E-state index in [4.69, 9.17) is 5.11 Å². The lowest BCUT2D eigenvalue weighted by molar-refractivity contribution is 0.265. The molecule has 0 aromatic rings. The number of rotatable bonds is 9. The highest BCUT2D eigenvalue weighted by Gasteiger charge is 2.14. The van der Waals surface area contributed by atoms with Crippen molar-refractivity contribution >= 4 is 11.8 Å². The molecule has 0 amide bonds. The highest BCUT2D eigenvalue weighted by Crippen LogP contribution is 2.09. The maximum Gasteiger partial charge on any atom is 0.0564 e. The Morgan fingerprint density at radius 3 is 2.33 bits per heavy atom. The molecule has 3 nitrogen and oxygen atoms in total. The third-order valence-corrected chi connectivity index (χ3v) is 3.99. The van der Waals surface area contributed by atoms with Crippen LogP contribution in [0.4, 0.5) is 0 Å². The van der Waals surface area contributed by atoms with Gasteiger partial charge in [-0.05, 0) is 26.3 Å². The Labute approximate surface area is 98.6 Å². The first kappa shape index (κ1) is 15.2. The summed E-state index contributed by atoms with van der Waals surface area (Å²) in [4.78, 5) is 2.40. The number of hydrogen-bond acceptors (Lipinski definition) is 4. The van der Waals surface area contributed by atoms with E-state index in [2.05, 4.69) is 31.0 Å². The zero-order valence-electron chi connectivity index (χ0n) is 10.5. The molecule has 15 heavy (non-hydrogen) atoms. The number of hydrogen-bond donors (Lipinski definition) is 2. The fourth-order valence-corrected chi connectivity index (χ4v) is 2.21. The van der Waals surface area contributed by atoms with Gasteiger partial charge in [0.25, 0.3) is 0 Å². The molecule has 2 N–H and O–H groups in total. The van der Waals surface area contributed by atoms with Crippen molar-refractivity contribution in [3.05, 3.63) is 0 Å². The Balaban J connectivity index is 3.65. The van der Waals surface area contributed by atoms with E-state index in [1.807, 2.05) is 6.26 Å². The molecular formula is C11H26N2OS. The van der Waals surface area contributed by atoms with Crippen LogP contribution in [-0.2, 0) is 0 Å². The summed E-state index contributed by atoms with van der Waals surface area (Å²) in [5.41, 5.74) is 0. The maximum absolute atomic E-state index is 9.13. The van der Waals surface area contributed by atoms with Crippen molar-refractivity contribution in [2.45, 2.75) is 32.1 Å². The summed E-state index contributed by atoms with van der Waals surface area (Å²) in [7, 11) is 0. The molecule has 0 aromatic carbocycles. The largest absolute Gasteiger partial charge is 0.395 e. The van der Waals surface area contributed by atoms with Crippen LogP contribution in [0.3, 0.4) is 0 Å². The average molecular weight is 234 g/mol. The molecule has 0 saturated heterocycles. The molecule has 0 fully saturated rings. The molecule has 2 atom stereocenters. The van der Waals surface area contributed by atoms with Crippen molar-refractivity contribution < 1.29 is 5.11 Å². The van der Waals surface area contributed by atoms with Gasteiger partial charge in [-0.3, -0.25) is 0 Å². The minimum Gasteiger partial charge on any atom is -0.395 e. The summed E-state index contributed by atoms with van der Waals surface area (Å²) in [5.74, 6) is 0. The molecule has 0 spiro atoms. The Morgan fingerprint density at radius 2 is 1.93 bits per heavy atom. The number of likely N-dealkylation sites (N-methyl/N-ethyl adjacent to an activating group) is 1. The standard InChI is InChI=1S/C11H26N2OS/c1-5-13(6-2)8-7-12-10(3)11(9-14)15-4/h10-12,14H,5-9H2,1-4H3. The van der Waals surface area contributed by atoms with Crippen LogP contribution < -0.4 is 5.32 Å². The molecular weight excluding hydrogens is 208 g/mol. The van der Waals surface area contributed by atoms with Gasteiger partial charge in [-0.15, -0.1) is 0 Å². The number of nitrogens with zero attached hydrogens (tertiary/aromatic N) is 1. The molecule has 92 valence electrons. The van der Waals surface area contributed by atoms with Crippen molar-refractivity contribution in [2.24, 2.45) is 0 Å². The predicted molar refractivity (Wildman–Crippen MR) is 69.6 cm³/mol. The van der Waals surface area contributed by atoms with E-state index in [0.29, 0.717) is 11.3 Å². The van der Waals surface area contributed by atoms with E-state index in [1.54, 1.807) is 11.8 Å². The van der Waals surface area contributed by atoms with E-state index in [0.717, 1.165) is 26.2 Å². The van der Waals surface area contributed by atoms with E-state index in [1.165, 1.54) is 0 Å². The summed E-state index contributed by atoms with van der Waals surface area (Å²) in [6, 6.07) is 0.376. The normalized spacial score (nSPS) is 15.6. The monoisotopic (exact) mass is 234 g/mol. The second-order valence-corrected chi connectivity index (χ2v) is 4.80. The Hall–Kier alpha value is 0.230. The third-order valence-electron chi connectivity index (χ3n) is 2.83. The Morgan fingerprint density at radius 1 is 1.33 bits per heavy atom. The van der Waals surface area contributed by atoms with Crippen LogP contribution in [0.2, 0.25) is 0 Å². The zero-order valence-corrected chi connectivity index (χ0v) is 11.3. The van der Waals surface area contributed by atoms with Gasteiger partial charge in [0.15, 0.2) is 0 Å². The van der Waals surface area contributed by atoms with Crippen LogP contribution in [-0.4, -0.2) is 60.3 Å². The molecule has 4 heteroatoms. The highest BCUT2D eigenvalue weighted by atomic mass is 32.2. The third kappa shape index (κ3) is 6.40. The highest BCUT2D eigenvalue weighted by molar-refractivity contribution is 7.99. The Bertz CT molecular complexity index is 139. The smallest absolute Gasteiger partial charge is 0.0564 e. The van der Waals surface area contributed by atoms with Gasteiger partial charge < -0.3 is 15.3 Å². The van der Waals surface area contributed by atoms with Gasteiger partial charge >= 0.3 is 0 Å². The first-order valence-electron chi connectivity index (χ1n) is 5.78. The van der Waals surface area contributed by atoms with Gasteiger partial charge in [0, 0.05) is 24.4 Å². The summed E-state index contributed by atoms with van der Waals surface area (Å²) in [6.07, 6.45) is 2.05. The molecule has 0 radical (unpaired) electrons. The van der Waals surface area contributed by atoms with Crippen LogP contribution >= 0.6 is 11.8 Å². The molecule has 0 bridgehead atoms. The molecule has 0 aliphatic heterocycles. The van der Waals surface area contributed by atoms with Crippen molar-refractivity contribution in [2.75, 3.05) is 39.0 Å². The molecule has 0 aliphatic rings. The molecule has 2 unspecified atom stereocenters. The van der Waals surface area contributed by atoms with Gasteiger partial charge in [0.2, 0.25) is 0 Å². The van der Waals surface area contributed by atoms with Crippen molar-refractivity contribution in [1.82, 2.24) is 10.2 Å². The predicted octanol–water partition coefficient (Wildman–Crippen LogP) is 1.03. The lowest BCUT2D eigenvalue weighted by Crippen LogP contribution is -2.41. The maximum atomic E-state index is 9.13.